The number of nitrogens with zero attached hydrogens (tertiary/aromatic N) is 1. The first-order chi connectivity index (χ1) is 7.56. The van der Waals surface area contributed by atoms with E-state index >= 15 is 0 Å². The van der Waals surface area contributed by atoms with Crippen LogP contribution in [0.15, 0.2) is 16.5 Å². The molecule has 1 fully saturated rings. The third-order valence-corrected chi connectivity index (χ3v) is 3.56. The highest BCUT2D eigenvalue weighted by Gasteiger charge is 2.43. The van der Waals surface area contributed by atoms with Gasteiger partial charge in [-0.3, -0.25) is 14.9 Å². The van der Waals surface area contributed by atoms with Crippen molar-refractivity contribution in [2.75, 3.05) is 5.33 Å². The number of halogens is 1. The molecule has 0 radical (unpaired) electrons. The zero-order chi connectivity index (χ0) is 11.8. The van der Waals surface area contributed by atoms with E-state index in [2.05, 4.69) is 21.2 Å². The summed E-state index contributed by atoms with van der Waals surface area (Å²) in [7, 11) is 0. The lowest BCUT2D eigenvalue weighted by molar-refractivity contribution is -0.402. The van der Waals surface area contributed by atoms with Gasteiger partial charge in [0.2, 0.25) is 0 Å². The van der Waals surface area contributed by atoms with Crippen molar-refractivity contribution >= 4 is 27.7 Å². The van der Waals surface area contributed by atoms with Crippen LogP contribution in [-0.4, -0.2) is 21.7 Å². The van der Waals surface area contributed by atoms with E-state index in [1.54, 1.807) is 0 Å². The molecule has 0 unspecified atom stereocenters. The second kappa shape index (κ2) is 3.89. The number of nitrogens with one attached hydrogen (secondary N) is 1. The average Bonchev–Trinajstić information content (AvgIpc) is 2.83. The molecule has 2 rings (SSSR count). The number of alkyl halides is 1. The number of carbonyl (C=O) groups is 1. The number of hydrogen-bond donors (Lipinski definition) is 1. The van der Waals surface area contributed by atoms with E-state index in [4.69, 9.17) is 4.42 Å². The Balaban J connectivity index is 2.06. The van der Waals surface area contributed by atoms with Crippen LogP contribution in [0, 0.1) is 10.1 Å². The highest BCUT2D eigenvalue weighted by atomic mass is 79.9. The molecule has 1 amide bonds. The molecule has 16 heavy (non-hydrogen) atoms. The minimum absolute atomic E-state index is 0.0288. The first-order valence-electron chi connectivity index (χ1n) is 4.69. The van der Waals surface area contributed by atoms with Crippen LogP contribution < -0.4 is 5.32 Å². The summed E-state index contributed by atoms with van der Waals surface area (Å²) < 4.78 is 4.80. The van der Waals surface area contributed by atoms with Crippen molar-refractivity contribution in [3.05, 3.63) is 28.0 Å². The molecular formula is C9H9BrN2O4. The van der Waals surface area contributed by atoms with Crippen molar-refractivity contribution in [2.24, 2.45) is 0 Å². The zero-order valence-electron chi connectivity index (χ0n) is 8.23. The topological polar surface area (TPSA) is 85.4 Å². The number of nitro groups is 1. The van der Waals surface area contributed by atoms with Crippen LogP contribution in [0.4, 0.5) is 5.88 Å². The minimum Gasteiger partial charge on any atom is -0.395 e. The highest BCUT2D eigenvalue weighted by molar-refractivity contribution is 9.09. The molecule has 0 aromatic carbocycles. The summed E-state index contributed by atoms with van der Waals surface area (Å²) in [4.78, 5) is 21.3. The van der Waals surface area contributed by atoms with Crippen LogP contribution in [0.25, 0.3) is 0 Å². The summed E-state index contributed by atoms with van der Waals surface area (Å²) in [5.41, 5.74) is -0.196. The lowest BCUT2D eigenvalue weighted by atomic mass is 10.3. The minimum atomic E-state index is -0.672. The lowest BCUT2D eigenvalue weighted by Crippen LogP contribution is -2.37. The van der Waals surface area contributed by atoms with Gasteiger partial charge in [0.25, 0.3) is 5.91 Å². The van der Waals surface area contributed by atoms with E-state index in [9.17, 15) is 14.9 Å². The number of rotatable bonds is 4. The molecule has 0 spiro atoms. The smallest absolute Gasteiger partial charge is 0.395 e. The Morgan fingerprint density at radius 1 is 1.62 bits per heavy atom. The molecular weight excluding hydrogens is 280 g/mol. The Hall–Kier alpha value is -1.37. The van der Waals surface area contributed by atoms with E-state index in [1.807, 2.05) is 0 Å². The summed E-state index contributed by atoms with van der Waals surface area (Å²) >= 11 is 3.31. The molecule has 0 saturated heterocycles. The summed E-state index contributed by atoms with van der Waals surface area (Å²) in [6, 6.07) is 2.47. The Kier molecular flexibility index (Phi) is 2.71. The van der Waals surface area contributed by atoms with Crippen molar-refractivity contribution in [3.8, 4) is 0 Å². The highest BCUT2D eigenvalue weighted by Crippen LogP contribution is 2.37. The first-order valence-corrected chi connectivity index (χ1v) is 5.81. The van der Waals surface area contributed by atoms with E-state index in [0.29, 0.717) is 5.33 Å². The van der Waals surface area contributed by atoms with Gasteiger partial charge in [-0.1, -0.05) is 15.9 Å². The molecule has 0 bridgehead atoms. The number of amides is 1. The van der Waals surface area contributed by atoms with Crippen LogP contribution >= 0.6 is 15.9 Å². The van der Waals surface area contributed by atoms with E-state index in [1.165, 1.54) is 12.1 Å². The fourth-order valence-electron chi connectivity index (χ4n) is 1.29. The largest absolute Gasteiger partial charge is 0.433 e. The summed E-state index contributed by atoms with van der Waals surface area (Å²) in [6.45, 7) is 0. The summed E-state index contributed by atoms with van der Waals surface area (Å²) in [5, 5.41) is 13.8. The van der Waals surface area contributed by atoms with Crippen LogP contribution in [0.3, 0.4) is 0 Å². The molecule has 1 aromatic rings. The predicted molar refractivity (Wildman–Crippen MR) is 58.6 cm³/mol. The number of hydrogen-bond acceptors (Lipinski definition) is 4. The van der Waals surface area contributed by atoms with Gasteiger partial charge >= 0.3 is 5.88 Å². The van der Waals surface area contributed by atoms with Crippen molar-refractivity contribution in [1.82, 2.24) is 5.32 Å². The zero-order valence-corrected chi connectivity index (χ0v) is 9.82. The second-order valence-electron chi connectivity index (χ2n) is 3.76. The third-order valence-electron chi connectivity index (χ3n) is 2.48. The van der Waals surface area contributed by atoms with Crippen LogP contribution in [0.5, 0.6) is 0 Å². The fourth-order valence-corrected chi connectivity index (χ4v) is 1.99. The SMILES string of the molecule is O=C(NC1(CBr)CC1)c1ccc([N+](=O)[O-])o1. The van der Waals surface area contributed by atoms with Crippen LogP contribution in [0.1, 0.15) is 23.4 Å². The quantitative estimate of drug-likeness (QED) is 0.520. The van der Waals surface area contributed by atoms with Crippen molar-refractivity contribution < 1.29 is 14.1 Å². The van der Waals surface area contributed by atoms with Gasteiger partial charge in [-0.15, -0.1) is 0 Å². The molecule has 1 heterocycles. The maximum atomic E-state index is 11.6. The fraction of sp³-hybridized carbons (Fsp3) is 0.444. The molecule has 0 aliphatic heterocycles. The number of carbonyl (C=O) groups excluding carboxylic acids is 1. The average molecular weight is 289 g/mol. The van der Waals surface area contributed by atoms with Crippen LogP contribution in [0.2, 0.25) is 0 Å². The Labute approximate surface area is 99.3 Å². The molecule has 1 aliphatic carbocycles. The molecule has 1 aromatic heterocycles. The van der Waals surface area contributed by atoms with Gasteiger partial charge in [-0.2, -0.15) is 0 Å². The standard InChI is InChI=1S/C9H9BrN2O4/c10-5-9(3-4-9)11-8(13)6-1-2-7(16-6)12(14)15/h1-2H,3-5H2,(H,11,13). The van der Waals surface area contributed by atoms with Crippen molar-refractivity contribution in [2.45, 2.75) is 18.4 Å². The normalized spacial score (nSPS) is 16.8. The van der Waals surface area contributed by atoms with Crippen molar-refractivity contribution in [1.29, 1.82) is 0 Å². The molecule has 86 valence electrons. The first kappa shape index (κ1) is 11.1. The number of furan rings is 1. The van der Waals surface area contributed by atoms with Gasteiger partial charge < -0.3 is 9.73 Å². The molecule has 7 heteroatoms. The maximum absolute atomic E-state index is 11.6. The van der Waals surface area contributed by atoms with Gasteiger partial charge in [0.1, 0.15) is 4.92 Å². The van der Waals surface area contributed by atoms with Gasteiger partial charge in [-0.25, -0.2) is 0 Å². The maximum Gasteiger partial charge on any atom is 0.433 e. The van der Waals surface area contributed by atoms with E-state index in [0.717, 1.165) is 12.8 Å². The summed E-state index contributed by atoms with van der Waals surface area (Å²) in [6.07, 6.45) is 1.82. The van der Waals surface area contributed by atoms with Gasteiger partial charge in [-0.05, 0) is 18.9 Å². The predicted octanol–water partition coefficient (Wildman–Crippen LogP) is 1.85. The summed E-state index contributed by atoms with van der Waals surface area (Å²) in [5.74, 6) is -0.863. The molecule has 0 atom stereocenters. The Bertz CT molecular complexity index is 438. The molecule has 1 saturated carbocycles. The monoisotopic (exact) mass is 288 g/mol. The Morgan fingerprint density at radius 2 is 2.31 bits per heavy atom. The second-order valence-corrected chi connectivity index (χ2v) is 4.32. The Morgan fingerprint density at radius 3 is 2.75 bits per heavy atom. The van der Waals surface area contributed by atoms with Gasteiger partial charge in [0, 0.05) is 5.33 Å². The van der Waals surface area contributed by atoms with Gasteiger partial charge in [0.15, 0.2) is 5.76 Å². The lowest BCUT2D eigenvalue weighted by Gasteiger charge is -2.12. The molecule has 1 aliphatic rings. The van der Waals surface area contributed by atoms with E-state index < -0.39 is 16.7 Å². The van der Waals surface area contributed by atoms with Crippen LogP contribution in [-0.2, 0) is 0 Å². The van der Waals surface area contributed by atoms with Gasteiger partial charge in [0.05, 0.1) is 11.6 Å². The third kappa shape index (κ3) is 2.08. The molecule has 1 N–H and O–H groups in total. The van der Waals surface area contributed by atoms with E-state index in [-0.39, 0.29) is 11.3 Å². The molecule has 6 nitrogen and oxygen atoms in total. The van der Waals surface area contributed by atoms with Crippen molar-refractivity contribution in [3.63, 3.8) is 0 Å².